The predicted octanol–water partition coefficient (Wildman–Crippen LogP) is 2.99. The van der Waals surface area contributed by atoms with Crippen LogP contribution >= 0.6 is 15.9 Å². The van der Waals surface area contributed by atoms with Gasteiger partial charge in [-0.15, -0.1) is 0 Å². The van der Waals surface area contributed by atoms with E-state index in [0.717, 1.165) is 6.07 Å². The van der Waals surface area contributed by atoms with Crippen molar-refractivity contribution in [3.63, 3.8) is 0 Å². The molecule has 2 nitrogen and oxygen atoms in total. The average Bonchev–Trinajstić information content (AvgIpc) is 2.18. The third-order valence-corrected chi connectivity index (χ3v) is 2.68. The van der Waals surface area contributed by atoms with Crippen LogP contribution in [0.4, 0.5) is 8.78 Å². The lowest BCUT2D eigenvalue weighted by Gasteiger charge is -2.09. The van der Waals surface area contributed by atoms with Gasteiger partial charge in [0, 0.05) is 5.56 Å². The van der Waals surface area contributed by atoms with Gasteiger partial charge in [0.05, 0.1) is 10.4 Å². The highest BCUT2D eigenvalue weighted by Gasteiger charge is 2.18. The molecular weight excluding hydrogens is 270 g/mol. The maximum absolute atomic E-state index is 13.4. The molecule has 0 spiro atoms. The molecule has 0 radical (unpaired) electrons. The molecule has 1 rings (SSSR count). The van der Waals surface area contributed by atoms with Crippen LogP contribution in [0.5, 0.6) is 0 Å². The lowest BCUT2D eigenvalue weighted by Crippen LogP contribution is -2.14. The van der Waals surface area contributed by atoms with Gasteiger partial charge in [0.1, 0.15) is 11.6 Å². The van der Waals surface area contributed by atoms with Gasteiger partial charge < -0.3 is 5.11 Å². The predicted molar refractivity (Wildman–Crippen MR) is 54.6 cm³/mol. The van der Waals surface area contributed by atoms with E-state index in [1.807, 2.05) is 0 Å². The minimum atomic E-state index is -1.08. The Morgan fingerprint density at radius 2 is 2.13 bits per heavy atom. The van der Waals surface area contributed by atoms with Crippen LogP contribution in [0.25, 0.3) is 0 Å². The van der Waals surface area contributed by atoms with Crippen LogP contribution in [0, 0.1) is 17.6 Å². The van der Waals surface area contributed by atoms with Gasteiger partial charge in [-0.05, 0) is 34.5 Å². The Morgan fingerprint density at radius 1 is 1.53 bits per heavy atom. The van der Waals surface area contributed by atoms with Crippen LogP contribution in [0.3, 0.4) is 0 Å². The van der Waals surface area contributed by atoms with E-state index in [2.05, 4.69) is 15.9 Å². The van der Waals surface area contributed by atoms with Crippen LogP contribution < -0.4 is 0 Å². The molecule has 0 aliphatic heterocycles. The highest BCUT2D eigenvalue weighted by Crippen LogP contribution is 2.23. The van der Waals surface area contributed by atoms with Crippen molar-refractivity contribution in [1.82, 2.24) is 0 Å². The van der Waals surface area contributed by atoms with Gasteiger partial charge in [-0.25, -0.2) is 8.78 Å². The third-order valence-electron chi connectivity index (χ3n) is 2.07. The second kappa shape index (κ2) is 4.70. The van der Waals surface area contributed by atoms with Crippen molar-refractivity contribution in [2.75, 3.05) is 0 Å². The second-order valence-electron chi connectivity index (χ2n) is 3.27. The first-order chi connectivity index (χ1) is 6.93. The molecule has 5 heteroatoms. The molecule has 0 amide bonds. The molecule has 1 aromatic carbocycles. The number of halogens is 3. The van der Waals surface area contributed by atoms with Gasteiger partial charge in [0.25, 0.3) is 0 Å². The molecule has 1 unspecified atom stereocenters. The van der Waals surface area contributed by atoms with Gasteiger partial charge in [0.15, 0.2) is 0 Å². The quantitative estimate of drug-likeness (QED) is 0.863. The Labute approximate surface area is 94.0 Å². The minimum absolute atomic E-state index is 0.136. The number of benzene rings is 1. The first-order valence-electron chi connectivity index (χ1n) is 4.28. The zero-order chi connectivity index (χ0) is 11.6. The number of hydrogen-bond donors (Lipinski definition) is 1. The highest BCUT2D eigenvalue weighted by molar-refractivity contribution is 9.10. The van der Waals surface area contributed by atoms with Crippen LogP contribution in [-0.2, 0) is 11.2 Å². The van der Waals surface area contributed by atoms with Gasteiger partial charge >= 0.3 is 5.97 Å². The second-order valence-corrected chi connectivity index (χ2v) is 4.12. The molecule has 0 heterocycles. The lowest BCUT2D eigenvalue weighted by atomic mass is 10.0. The Morgan fingerprint density at radius 3 is 2.67 bits per heavy atom. The zero-order valence-corrected chi connectivity index (χ0v) is 9.51. The topological polar surface area (TPSA) is 37.3 Å². The summed E-state index contributed by atoms with van der Waals surface area (Å²) in [4.78, 5) is 10.6. The summed E-state index contributed by atoms with van der Waals surface area (Å²) in [6.45, 7) is 1.40. The molecule has 1 N–H and O–H groups in total. The van der Waals surface area contributed by atoms with Gasteiger partial charge in [0.2, 0.25) is 0 Å². The van der Waals surface area contributed by atoms with E-state index in [9.17, 15) is 13.6 Å². The maximum atomic E-state index is 13.4. The first-order valence-corrected chi connectivity index (χ1v) is 5.08. The molecule has 0 saturated heterocycles. The molecule has 0 fully saturated rings. The molecule has 1 aromatic rings. The van der Waals surface area contributed by atoms with E-state index in [-0.39, 0.29) is 16.5 Å². The third kappa shape index (κ3) is 2.75. The van der Waals surface area contributed by atoms with Crippen molar-refractivity contribution in [1.29, 1.82) is 0 Å². The summed E-state index contributed by atoms with van der Waals surface area (Å²) in [7, 11) is 0. The van der Waals surface area contributed by atoms with Crippen LogP contribution in [-0.4, -0.2) is 11.1 Å². The summed E-state index contributed by atoms with van der Waals surface area (Å²) in [6, 6.07) is 2.36. The molecule has 82 valence electrons. The number of aliphatic carboxylic acids is 1. The standard InChI is InChI=1S/C10H9BrF2O2/c1-5(10(14)15)4-6-8(12)3-2-7(11)9(6)13/h2-3,5H,4H2,1H3,(H,14,15). The number of rotatable bonds is 3. The molecule has 15 heavy (non-hydrogen) atoms. The Bertz CT molecular complexity index is 393. The summed E-state index contributed by atoms with van der Waals surface area (Å²) >= 11 is 2.92. The molecule has 0 aromatic heterocycles. The van der Waals surface area contributed by atoms with Crippen molar-refractivity contribution in [3.05, 3.63) is 33.8 Å². The van der Waals surface area contributed by atoms with Crippen LogP contribution in [0.2, 0.25) is 0 Å². The largest absolute Gasteiger partial charge is 0.481 e. The molecule has 1 atom stereocenters. The number of carboxylic acid groups (broad SMARTS) is 1. The zero-order valence-electron chi connectivity index (χ0n) is 7.93. The van der Waals surface area contributed by atoms with Crippen molar-refractivity contribution in [2.45, 2.75) is 13.3 Å². The Balaban J connectivity index is 3.03. The smallest absolute Gasteiger partial charge is 0.306 e. The van der Waals surface area contributed by atoms with E-state index in [0.29, 0.717) is 0 Å². The van der Waals surface area contributed by atoms with E-state index in [4.69, 9.17) is 5.11 Å². The number of hydrogen-bond acceptors (Lipinski definition) is 1. The van der Waals surface area contributed by atoms with E-state index < -0.39 is 23.5 Å². The summed E-state index contributed by atoms with van der Waals surface area (Å²) in [5.41, 5.74) is -0.195. The fraction of sp³-hybridized carbons (Fsp3) is 0.300. The normalized spacial score (nSPS) is 12.5. The number of carboxylic acids is 1. The summed E-state index contributed by atoms with van der Waals surface area (Å²) in [6.07, 6.45) is -0.160. The summed E-state index contributed by atoms with van der Waals surface area (Å²) < 4.78 is 26.7. The molecule has 0 bridgehead atoms. The van der Waals surface area contributed by atoms with Crippen molar-refractivity contribution >= 4 is 21.9 Å². The maximum Gasteiger partial charge on any atom is 0.306 e. The van der Waals surface area contributed by atoms with Crippen LogP contribution in [0.15, 0.2) is 16.6 Å². The summed E-state index contributed by atoms with van der Waals surface area (Å²) in [5.74, 6) is -3.34. The van der Waals surface area contributed by atoms with Gasteiger partial charge in [-0.1, -0.05) is 6.92 Å². The summed E-state index contributed by atoms with van der Waals surface area (Å²) in [5, 5.41) is 8.64. The lowest BCUT2D eigenvalue weighted by molar-refractivity contribution is -0.141. The molecular formula is C10H9BrF2O2. The molecule has 0 aliphatic rings. The number of carbonyl (C=O) groups is 1. The van der Waals surface area contributed by atoms with Gasteiger partial charge in [-0.2, -0.15) is 0 Å². The highest BCUT2D eigenvalue weighted by atomic mass is 79.9. The molecule has 0 aliphatic carbocycles. The van der Waals surface area contributed by atoms with Crippen molar-refractivity contribution < 1.29 is 18.7 Å². The monoisotopic (exact) mass is 278 g/mol. The SMILES string of the molecule is CC(Cc1c(F)ccc(Br)c1F)C(=O)O. The van der Waals surface area contributed by atoms with E-state index in [1.54, 1.807) is 0 Å². The average molecular weight is 279 g/mol. The van der Waals surface area contributed by atoms with E-state index in [1.165, 1.54) is 13.0 Å². The fourth-order valence-corrected chi connectivity index (χ4v) is 1.52. The van der Waals surface area contributed by atoms with Crippen LogP contribution in [0.1, 0.15) is 12.5 Å². The molecule has 0 saturated carbocycles. The minimum Gasteiger partial charge on any atom is -0.481 e. The van der Waals surface area contributed by atoms with E-state index >= 15 is 0 Å². The fourth-order valence-electron chi connectivity index (χ4n) is 1.15. The Hall–Kier alpha value is -0.970. The van der Waals surface area contributed by atoms with Crippen molar-refractivity contribution in [2.24, 2.45) is 5.92 Å². The van der Waals surface area contributed by atoms with Gasteiger partial charge in [-0.3, -0.25) is 4.79 Å². The van der Waals surface area contributed by atoms with Crippen molar-refractivity contribution in [3.8, 4) is 0 Å². The first kappa shape index (κ1) is 12.1. The Kier molecular flexibility index (Phi) is 3.79.